The number of aromatic nitrogens is 2. The number of nitrogens with zero attached hydrogens (tertiary/aromatic N) is 4. The molecule has 0 bridgehead atoms. The number of aliphatic carboxylic acids is 1. The highest BCUT2D eigenvalue weighted by molar-refractivity contribution is 8.00. The molecule has 3 aromatic heterocycles. The predicted molar refractivity (Wildman–Crippen MR) is 129 cm³/mol. The topological polar surface area (TPSA) is 154 Å². The van der Waals surface area contributed by atoms with Crippen molar-refractivity contribution in [1.29, 1.82) is 0 Å². The Hall–Kier alpha value is -3.49. The first-order chi connectivity index (χ1) is 16.9. The molecule has 2 aliphatic heterocycles. The lowest BCUT2D eigenvalue weighted by molar-refractivity contribution is -0.687. The number of carbonyl (C=O) groups excluding carboxylic acids is 3. The number of carbonyl (C=O) groups is 3. The molecule has 2 atom stereocenters. The maximum atomic E-state index is 13.0. The van der Waals surface area contributed by atoms with Gasteiger partial charge in [0.05, 0.1) is 17.1 Å². The molecular weight excluding hydrogens is 512 g/mol. The van der Waals surface area contributed by atoms with Crippen LogP contribution in [-0.2, 0) is 25.8 Å². The second kappa shape index (κ2) is 9.28. The van der Waals surface area contributed by atoms with Crippen LogP contribution in [0.1, 0.15) is 5.69 Å². The van der Waals surface area contributed by atoms with Gasteiger partial charge in [0.2, 0.25) is 0 Å². The first-order valence-electron chi connectivity index (χ1n) is 10.2. The Kier molecular flexibility index (Phi) is 6.17. The van der Waals surface area contributed by atoms with E-state index in [9.17, 15) is 19.5 Å². The summed E-state index contributed by atoms with van der Waals surface area (Å²) in [6, 6.07) is 1.02. The number of nitrogens with two attached hydrogens (primary N) is 1. The lowest BCUT2D eigenvalue weighted by atomic mass is 10.0. The highest BCUT2D eigenvalue weighted by Crippen LogP contribution is 2.40. The van der Waals surface area contributed by atoms with Crippen molar-refractivity contribution in [2.24, 2.45) is 5.16 Å². The maximum Gasteiger partial charge on any atom is 0.276 e. The van der Waals surface area contributed by atoms with Crippen molar-refractivity contribution in [3.05, 3.63) is 51.6 Å². The summed E-state index contributed by atoms with van der Waals surface area (Å²) < 4.78 is 1.88. The molecule has 5 rings (SSSR count). The van der Waals surface area contributed by atoms with E-state index >= 15 is 0 Å². The molecule has 0 spiro atoms. The summed E-state index contributed by atoms with van der Waals surface area (Å²) in [5.74, 6) is -2.29. The molecular formula is C21H18N6O5S3. The summed E-state index contributed by atoms with van der Waals surface area (Å²) in [6.07, 6.45) is 3.81. The van der Waals surface area contributed by atoms with Crippen molar-refractivity contribution >= 4 is 73.8 Å². The molecule has 180 valence electrons. The number of rotatable bonds is 7. The summed E-state index contributed by atoms with van der Waals surface area (Å²) in [5, 5.41) is 25.8. The quantitative estimate of drug-likeness (QED) is 0.182. The molecule has 14 heteroatoms. The summed E-state index contributed by atoms with van der Waals surface area (Å²) in [5.41, 5.74) is 6.13. The van der Waals surface area contributed by atoms with E-state index in [0.29, 0.717) is 17.9 Å². The number of thiophene rings is 1. The zero-order valence-electron chi connectivity index (χ0n) is 18.2. The Balaban J connectivity index is 1.36. The fraction of sp³-hybridized carbons (Fsp3) is 0.238. The van der Waals surface area contributed by atoms with E-state index < -0.39 is 29.2 Å². The van der Waals surface area contributed by atoms with Crippen LogP contribution in [0.4, 0.5) is 5.13 Å². The van der Waals surface area contributed by atoms with Crippen LogP contribution in [0, 0.1) is 0 Å². The molecule has 3 N–H and O–H groups in total. The molecule has 2 amide bonds. The minimum atomic E-state index is -1.43. The van der Waals surface area contributed by atoms with Crippen molar-refractivity contribution in [1.82, 2.24) is 15.2 Å². The van der Waals surface area contributed by atoms with Crippen LogP contribution in [0.2, 0.25) is 0 Å². The van der Waals surface area contributed by atoms with Gasteiger partial charge >= 0.3 is 0 Å². The smallest absolute Gasteiger partial charge is 0.276 e. The van der Waals surface area contributed by atoms with Gasteiger partial charge in [0.15, 0.2) is 29.8 Å². The predicted octanol–water partition coefficient (Wildman–Crippen LogP) is -0.318. The number of carboxylic acid groups (broad SMARTS) is 1. The number of thioether (sulfide) groups is 1. The average Bonchev–Trinajstić information content (AvgIpc) is 3.48. The number of oxime groups is 1. The van der Waals surface area contributed by atoms with Crippen molar-refractivity contribution in [2.75, 3.05) is 18.6 Å². The normalized spacial score (nSPS) is 20.0. The molecule has 0 aromatic carbocycles. The van der Waals surface area contributed by atoms with E-state index in [-0.39, 0.29) is 22.2 Å². The Bertz CT molecular complexity index is 1410. The molecule has 2 aliphatic rings. The Morgan fingerprint density at radius 2 is 2.17 bits per heavy atom. The van der Waals surface area contributed by atoms with Gasteiger partial charge in [0, 0.05) is 33.5 Å². The van der Waals surface area contributed by atoms with Gasteiger partial charge in [-0.15, -0.1) is 23.1 Å². The molecule has 1 saturated heterocycles. The van der Waals surface area contributed by atoms with Gasteiger partial charge in [-0.25, -0.2) is 9.55 Å². The summed E-state index contributed by atoms with van der Waals surface area (Å²) in [6.45, 7) is 0.297. The van der Waals surface area contributed by atoms with Crippen LogP contribution in [0.5, 0.6) is 0 Å². The number of hydrogen-bond acceptors (Lipinski definition) is 11. The lowest BCUT2D eigenvalue weighted by Crippen LogP contribution is -2.71. The molecule has 0 aliphatic carbocycles. The molecule has 1 unspecified atom stereocenters. The highest BCUT2D eigenvalue weighted by Gasteiger charge is 2.53. The minimum absolute atomic E-state index is 0.135. The Morgan fingerprint density at radius 3 is 2.89 bits per heavy atom. The van der Waals surface area contributed by atoms with Gasteiger partial charge in [-0.1, -0.05) is 5.16 Å². The van der Waals surface area contributed by atoms with Crippen LogP contribution in [0.25, 0.3) is 10.8 Å². The van der Waals surface area contributed by atoms with Gasteiger partial charge in [0.25, 0.3) is 11.8 Å². The summed E-state index contributed by atoms with van der Waals surface area (Å²) in [4.78, 5) is 47.8. The summed E-state index contributed by atoms with van der Waals surface area (Å²) in [7, 11) is 1.28. The number of β-lactam (4-membered cyclic amide) rings is 1. The molecule has 1 fully saturated rings. The number of pyridine rings is 1. The number of anilines is 1. The van der Waals surface area contributed by atoms with Gasteiger partial charge < -0.3 is 25.8 Å². The zero-order chi connectivity index (χ0) is 24.7. The summed E-state index contributed by atoms with van der Waals surface area (Å²) >= 11 is 4.09. The lowest BCUT2D eigenvalue weighted by Gasteiger charge is -2.50. The number of fused-ring (bicyclic) bond motifs is 2. The van der Waals surface area contributed by atoms with Gasteiger partial charge in [-0.05, 0) is 5.38 Å². The maximum absolute atomic E-state index is 13.0. The van der Waals surface area contributed by atoms with Crippen LogP contribution in [0.15, 0.2) is 51.0 Å². The average molecular weight is 531 g/mol. The monoisotopic (exact) mass is 530 g/mol. The third kappa shape index (κ3) is 4.24. The van der Waals surface area contributed by atoms with E-state index in [1.807, 2.05) is 33.8 Å². The molecule has 5 heterocycles. The second-order valence-electron chi connectivity index (χ2n) is 7.69. The Morgan fingerprint density at radius 1 is 1.37 bits per heavy atom. The third-order valence-corrected chi connectivity index (χ3v) is 8.33. The van der Waals surface area contributed by atoms with Crippen molar-refractivity contribution in [2.45, 2.75) is 18.0 Å². The first-order valence-corrected chi connectivity index (χ1v) is 13.1. The number of nitrogen functional groups attached to an aromatic ring is 1. The van der Waals surface area contributed by atoms with Gasteiger partial charge in [-0.3, -0.25) is 14.5 Å². The minimum Gasteiger partial charge on any atom is -0.543 e. The first kappa shape index (κ1) is 23.3. The molecule has 0 radical (unpaired) electrons. The number of nitrogens with one attached hydrogen (secondary N) is 1. The number of thiazole rings is 1. The van der Waals surface area contributed by atoms with E-state index in [2.05, 4.69) is 15.5 Å². The fourth-order valence-electron chi connectivity index (χ4n) is 3.97. The molecule has 3 aromatic rings. The number of hydrogen-bond donors (Lipinski definition) is 2. The number of carboxylic acids is 1. The Labute approximate surface area is 210 Å². The van der Waals surface area contributed by atoms with Gasteiger partial charge in [0.1, 0.15) is 24.2 Å². The van der Waals surface area contributed by atoms with E-state index in [1.165, 1.54) is 23.8 Å². The largest absolute Gasteiger partial charge is 0.543 e. The van der Waals surface area contributed by atoms with Crippen molar-refractivity contribution in [3.63, 3.8) is 0 Å². The second-order valence-corrected chi connectivity index (χ2v) is 10.4. The van der Waals surface area contributed by atoms with Gasteiger partial charge in [-0.2, -0.15) is 11.3 Å². The highest BCUT2D eigenvalue weighted by atomic mass is 32.2. The molecule has 11 nitrogen and oxygen atoms in total. The van der Waals surface area contributed by atoms with E-state index in [4.69, 9.17) is 10.6 Å². The SMILES string of the molecule is CON=C(C(=O)NC1C(=O)N2C(C(=O)[O-])=C(C[n+]3ccc4cscc4c3)CS[C@H]12)c1csc(N)n1. The fourth-order valence-corrected chi connectivity index (χ4v) is 6.62. The van der Waals surface area contributed by atoms with E-state index in [0.717, 1.165) is 22.1 Å². The van der Waals surface area contributed by atoms with E-state index in [1.54, 1.807) is 16.7 Å². The molecule has 0 saturated carbocycles. The van der Waals surface area contributed by atoms with Crippen LogP contribution in [-0.4, -0.2) is 57.7 Å². The standard InChI is InChI=1S/C21H18N6O5S3/c1-32-25-14(13-9-35-21(22)23-13)17(28)24-15-18(29)27-16(20(30)31)12(8-34-19(15)27)5-26-3-2-10-6-33-7-11(10)4-26/h2-4,6-7,9,15,19H,5,8H2,1H3,(H3-,22,23,24,28,30,31)/t15?,19-/m1/s1. The molecule has 35 heavy (non-hydrogen) atoms. The zero-order valence-corrected chi connectivity index (χ0v) is 20.6. The van der Waals surface area contributed by atoms with Crippen LogP contribution < -0.4 is 20.7 Å². The third-order valence-electron chi connectivity index (χ3n) is 5.54. The number of amides is 2. The van der Waals surface area contributed by atoms with Crippen molar-refractivity contribution in [3.8, 4) is 0 Å². The van der Waals surface area contributed by atoms with Crippen molar-refractivity contribution < 1.29 is 28.9 Å². The van der Waals surface area contributed by atoms with Crippen LogP contribution in [0.3, 0.4) is 0 Å². The van der Waals surface area contributed by atoms with Crippen LogP contribution >= 0.6 is 34.4 Å².